The summed E-state index contributed by atoms with van der Waals surface area (Å²) in [7, 11) is 3.31. The number of benzene rings is 1. The lowest BCUT2D eigenvalue weighted by molar-refractivity contribution is -0.115. The number of hydrogen-bond donors (Lipinski definition) is 2. The van der Waals surface area contributed by atoms with Gasteiger partial charge in [-0.3, -0.25) is 4.79 Å². The number of hydrogen-bond acceptors (Lipinski definition) is 4. The van der Waals surface area contributed by atoms with Crippen molar-refractivity contribution in [1.29, 1.82) is 0 Å². The zero-order chi connectivity index (χ0) is 15.7. The van der Waals surface area contributed by atoms with Crippen LogP contribution < -0.4 is 15.4 Å². The second kappa shape index (κ2) is 8.64. The standard InChI is InChI=1S/C16H26N2O3/c1-16(2,9-10-20-3)12-17-11-15(19)18-13-5-7-14(21-4)8-6-13/h5-8,17H,9-12H2,1-4H3,(H,18,19). The molecule has 21 heavy (non-hydrogen) atoms. The van der Waals surface area contributed by atoms with Crippen LogP contribution in [0.2, 0.25) is 0 Å². The van der Waals surface area contributed by atoms with E-state index < -0.39 is 0 Å². The molecule has 0 spiro atoms. The van der Waals surface area contributed by atoms with Gasteiger partial charge in [0.15, 0.2) is 0 Å². The Balaban J connectivity index is 2.30. The SMILES string of the molecule is COCCC(C)(C)CNCC(=O)Nc1ccc(OC)cc1. The predicted molar refractivity (Wildman–Crippen MR) is 84.8 cm³/mol. The molecule has 0 aliphatic heterocycles. The molecule has 1 rings (SSSR count). The van der Waals surface area contributed by atoms with E-state index in [1.54, 1.807) is 14.2 Å². The van der Waals surface area contributed by atoms with Crippen molar-refractivity contribution in [2.75, 3.05) is 39.2 Å². The Morgan fingerprint density at radius 1 is 1.19 bits per heavy atom. The third-order valence-electron chi connectivity index (χ3n) is 3.25. The molecule has 2 N–H and O–H groups in total. The van der Waals surface area contributed by atoms with Crippen LogP contribution in [0.1, 0.15) is 20.3 Å². The van der Waals surface area contributed by atoms with Crippen LogP contribution in [-0.2, 0) is 9.53 Å². The van der Waals surface area contributed by atoms with Gasteiger partial charge in [-0.1, -0.05) is 13.8 Å². The van der Waals surface area contributed by atoms with Gasteiger partial charge in [0.05, 0.1) is 13.7 Å². The van der Waals surface area contributed by atoms with Crippen molar-refractivity contribution in [3.63, 3.8) is 0 Å². The lowest BCUT2D eigenvalue weighted by atomic mass is 9.90. The Morgan fingerprint density at radius 3 is 2.43 bits per heavy atom. The molecule has 0 bridgehead atoms. The highest BCUT2D eigenvalue weighted by Crippen LogP contribution is 2.18. The first-order valence-electron chi connectivity index (χ1n) is 7.10. The molecule has 0 atom stereocenters. The first kappa shape index (κ1) is 17.5. The van der Waals surface area contributed by atoms with Gasteiger partial charge in [0.25, 0.3) is 0 Å². The minimum atomic E-state index is -0.0530. The van der Waals surface area contributed by atoms with Crippen molar-refractivity contribution < 1.29 is 14.3 Å². The molecule has 0 unspecified atom stereocenters. The fourth-order valence-electron chi connectivity index (χ4n) is 1.86. The Morgan fingerprint density at radius 2 is 1.86 bits per heavy atom. The second-order valence-electron chi connectivity index (χ2n) is 5.79. The van der Waals surface area contributed by atoms with Crippen molar-refractivity contribution in [3.8, 4) is 5.75 Å². The average molecular weight is 294 g/mol. The number of rotatable bonds is 9. The minimum Gasteiger partial charge on any atom is -0.497 e. The summed E-state index contributed by atoms with van der Waals surface area (Å²) in [5, 5.41) is 6.03. The van der Waals surface area contributed by atoms with Gasteiger partial charge < -0.3 is 20.1 Å². The van der Waals surface area contributed by atoms with Crippen molar-refractivity contribution in [3.05, 3.63) is 24.3 Å². The van der Waals surface area contributed by atoms with E-state index in [1.807, 2.05) is 24.3 Å². The maximum Gasteiger partial charge on any atom is 0.238 e. The molecule has 0 saturated heterocycles. The van der Waals surface area contributed by atoms with Gasteiger partial charge in [-0.05, 0) is 36.1 Å². The molecular formula is C16H26N2O3. The Bertz CT molecular complexity index is 430. The van der Waals surface area contributed by atoms with Crippen molar-refractivity contribution in [1.82, 2.24) is 5.32 Å². The summed E-state index contributed by atoms with van der Waals surface area (Å²) in [4.78, 5) is 11.8. The third-order valence-corrected chi connectivity index (χ3v) is 3.25. The number of amides is 1. The molecule has 5 nitrogen and oxygen atoms in total. The fraction of sp³-hybridized carbons (Fsp3) is 0.562. The second-order valence-corrected chi connectivity index (χ2v) is 5.79. The number of carbonyl (C=O) groups is 1. The number of anilines is 1. The summed E-state index contributed by atoms with van der Waals surface area (Å²) < 4.78 is 10.2. The number of nitrogens with one attached hydrogen (secondary N) is 2. The fourth-order valence-corrected chi connectivity index (χ4v) is 1.86. The van der Waals surface area contributed by atoms with E-state index >= 15 is 0 Å². The highest BCUT2D eigenvalue weighted by molar-refractivity contribution is 5.92. The molecular weight excluding hydrogens is 268 g/mol. The van der Waals surface area contributed by atoms with Gasteiger partial charge in [-0.2, -0.15) is 0 Å². The van der Waals surface area contributed by atoms with Gasteiger partial charge in [0, 0.05) is 25.9 Å². The van der Waals surface area contributed by atoms with Crippen LogP contribution in [0.25, 0.3) is 0 Å². The summed E-state index contributed by atoms with van der Waals surface area (Å²) >= 11 is 0. The maximum atomic E-state index is 11.8. The van der Waals surface area contributed by atoms with E-state index in [9.17, 15) is 4.79 Å². The molecule has 0 radical (unpaired) electrons. The highest BCUT2D eigenvalue weighted by Gasteiger charge is 2.17. The molecule has 0 saturated carbocycles. The highest BCUT2D eigenvalue weighted by atomic mass is 16.5. The van der Waals surface area contributed by atoms with Gasteiger partial charge in [-0.15, -0.1) is 0 Å². The molecule has 0 heterocycles. The summed E-state index contributed by atoms with van der Waals surface area (Å²) in [5.74, 6) is 0.716. The van der Waals surface area contributed by atoms with Gasteiger partial charge in [0.1, 0.15) is 5.75 Å². The summed E-state index contributed by atoms with van der Waals surface area (Å²) in [6, 6.07) is 7.27. The lowest BCUT2D eigenvalue weighted by Gasteiger charge is -2.24. The van der Waals surface area contributed by atoms with Gasteiger partial charge in [-0.25, -0.2) is 0 Å². The molecule has 1 aromatic carbocycles. The molecule has 1 amide bonds. The van der Waals surface area contributed by atoms with E-state index in [2.05, 4.69) is 24.5 Å². The van der Waals surface area contributed by atoms with Crippen molar-refractivity contribution >= 4 is 11.6 Å². The first-order valence-corrected chi connectivity index (χ1v) is 7.10. The van der Waals surface area contributed by atoms with E-state index in [0.29, 0.717) is 6.54 Å². The maximum absolute atomic E-state index is 11.8. The molecule has 0 aliphatic rings. The largest absolute Gasteiger partial charge is 0.497 e. The Kier molecular flexibility index (Phi) is 7.19. The van der Waals surface area contributed by atoms with E-state index in [4.69, 9.17) is 9.47 Å². The summed E-state index contributed by atoms with van der Waals surface area (Å²) in [6.07, 6.45) is 0.955. The third kappa shape index (κ3) is 7.11. The lowest BCUT2D eigenvalue weighted by Crippen LogP contribution is -2.35. The smallest absolute Gasteiger partial charge is 0.238 e. The number of ether oxygens (including phenoxy) is 2. The zero-order valence-electron chi connectivity index (χ0n) is 13.4. The minimum absolute atomic E-state index is 0.0530. The topological polar surface area (TPSA) is 59.6 Å². The number of methoxy groups -OCH3 is 2. The summed E-state index contributed by atoms with van der Waals surface area (Å²) in [5.41, 5.74) is 0.873. The van der Waals surface area contributed by atoms with Crippen molar-refractivity contribution in [2.24, 2.45) is 5.41 Å². The average Bonchev–Trinajstić information content (AvgIpc) is 2.46. The zero-order valence-corrected chi connectivity index (χ0v) is 13.4. The van der Waals surface area contributed by atoms with Crippen LogP contribution >= 0.6 is 0 Å². The first-order chi connectivity index (χ1) is 9.96. The molecule has 0 aliphatic carbocycles. The molecule has 118 valence electrons. The summed E-state index contributed by atoms with van der Waals surface area (Å²) in [6.45, 7) is 6.10. The normalized spacial score (nSPS) is 11.2. The van der Waals surface area contributed by atoms with Crippen LogP contribution in [0.4, 0.5) is 5.69 Å². The van der Waals surface area contributed by atoms with Crippen LogP contribution in [-0.4, -0.2) is 39.8 Å². The molecule has 0 aromatic heterocycles. The van der Waals surface area contributed by atoms with Crippen LogP contribution in [0.15, 0.2) is 24.3 Å². The molecule has 5 heteroatoms. The van der Waals surface area contributed by atoms with Gasteiger partial charge in [0.2, 0.25) is 5.91 Å². The monoisotopic (exact) mass is 294 g/mol. The number of carbonyl (C=O) groups excluding carboxylic acids is 1. The predicted octanol–water partition coefficient (Wildman–Crippen LogP) is 2.29. The van der Waals surface area contributed by atoms with E-state index in [0.717, 1.165) is 31.0 Å². The van der Waals surface area contributed by atoms with Gasteiger partial charge >= 0.3 is 0 Å². The Hall–Kier alpha value is -1.59. The van der Waals surface area contributed by atoms with Crippen molar-refractivity contribution in [2.45, 2.75) is 20.3 Å². The van der Waals surface area contributed by atoms with Crippen LogP contribution in [0.3, 0.4) is 0 Å². The van der Waals surface area contributed by atoms with E-state index in [-0.39, 0.29) is 11.3 Å². The quantitative estimate of drug-likeness (QED) is 0.733. The molecule has 0 fully saturated rings. The van der Waals surface area contributed by atoms with Crippen LogP contribution in [0, 0.1) is 5.41 Å². The van der Waals surface area contributed by atoms with Crippen LogP contribution in [0.5, 0.6) is 5.75 Å². The Labute approximate surface area is 127 Å². The van der Waals surface area contributed by atoms with E-state index in [1.165, 1.54) is 0 Å². The molecule has 1 aromatic rings.